The molecule has 2 aliphatic carbocycles. The highest BCUT2D eigenvalue weighted by Crippen LogP contribution is 2.82. The van der Waals surface area contributed by atoms with Crippen LogP contribution in [0.2, 0.25) is 0 Å². The average molecular weight is 280 g/mol. The summed E-state index contributed by atoms with van der Waals surface area (Å²) in [5.74, 6) is -1.95. The van der Waals surface area contributed by atoms with Crippen molar-refractivity contribution < 1.29 is 19.4 Å². The normalized spacial score (nSPS) is 51.8. The van der Waals surface area contributed by atoms with E-state index < -0.39 is 17.5 Å². The summed E-state index contributed by atoms with van der Waals surface area (Å²) in [6, 6.07) is 0. The van der Waals surface area contributed by atoms with Gasteiger partial charge in [-0.2, -0.15) is 0 Å². The average Bonchev–Trinajstić information content (AvgIpc) is 3.15. The molecular weight excluding hydrogens is 256 g/mol. The Balaban J connectivity index is 1.57. The van der Waals surface area contributed by atoms with E-state index in [4.69, 9.17) is 9.47 Å². The van der Waals surface area contributed by atoms with Gasteiger partial charge in [0, 0.05) is 11.8 Å². The van der Waals surface area contributed by atoms with E-state index in [9.17, 15) is 9.90 Å². The van der Waals surface area contributed by atoms with E-state index >= 15 is 0 Å². The molecule has 4 heteroatoms. The van der Waals surface area contributed by atoms with Gasteiger partial charge in [0.2, 0.25) is 11.6 Å². The maximum absolute atomic E-state index is 11.4. The lowest BCUT2D eigenvalue weighted by atomic mass is 9.60. The number of rotatable bonds is 3. The molecule has 2 unspecified atom stereocenters. The molecule has 2 saturated carbocycles. The van der Waals surface area contributed by atoms with Crippen LogP contribution in [0.4, 0.5) is 0 Å². The summed E-state index contributed by atoms with van der Waals surface area (Å²) >= 11 is 0. The lowest BCUT2D eigenvalue weighted by molar-refractivity contribution is -0.144. The summed E-state index contributed by atoms with van der Waals surface area (Å²) in [6.07, 6.45) is 8.71. The number of aliphatic carboxylic acids is 1. The van der Waals surface area contributed by atoms with E-state index in [1.807, 2.05) is 0 Å². The molecule has 1 N–H and O–H groups in total. The van der Waals surface area contributed by atoms with Crippen LogP contribution in [0.5, 0.6) is 0 Å². The largest absolute Gasteiger partial charge is 0.481 e. The van der Waals surface area contributed by atoms with Gasteiger partial charge >= 0.3 is 5.97 Å². The fourth-order valence-corrected chi connectivity index (χ4v) is 5.31. The minimum atomic E-state index is -0.695. The molecule has 0 aromatic heterocycles. The maximum Gasteiger partial charge on any atom is 0.306 e. The lowest BCUT2D eigenvalue weighted by Gasteiger charge is -2.43. The van der Waals surface area contributed by atoms with Gasteiger partial charge in [0.1, 0.15) is 0 Å². The first-order valence-electron chi connectivity index (χ1n) is 7.97. The van der Waals surface area contributed by atoms with Crippen molar-refractivity contribution in [3.05, 3.63) is 0 Å². The Morgan fingerprint density at radius 1 is 1.15 bits per heavy atom. The molecule has 0 spiro atoms. The van der Waals surface area contributed by atoms with Crippen LogP contribution >= 0.6 is 0 Å². The molecule has 2 atom stereocenters. The zero-order valence-corrected chi connectivity index (χ0v) is 12.4. The molecule has 4 nitrogen and oxygen atoms in total. The third-order valence-electron chi connectivity index (χ3n) is 6.27. The number of carboxylic acids is 1. The molecule has 0 aromatic rings. The van der Waals surface area contributed by atoms with Crippen LogP contribution in [0.3, 0.4) is 0 Å². The van der Waals surface area contributed by atoms with Gasteiger partial charge in [-0.15, -0.1) is 0 Å². The summed E-state index contributed by atoms with van der Waals surface area (Å²) in [7, 11) is 0. The van der Waals surface area contributed by atoms with Gasteiger partial charge in [-0.3, -0.25) is 4.79 Å². The fourth-order valence-electron chi connectivity index (χ4n) is 5.31. The minimum Gasteiger partial charge on any atom is -0.481 e. The molecule has 4 aliphatic rings. The number of epoxide rings is 2. The Morgan fingerprint density at radius 2 is 1.80 bits per heavy atom. The first kappa shape index (κ1) is 13.1. The molecule has 112 valence electrons. The maximum atomic E-state index is 11.4. The Morgan fingerprint density at radius 3 is 2.40 bits per heavy atom. The molecule has 0 amide bonds. The lowest BCUT2D eigenvalue weighted by Crippen LogP contribution is -2.41. The Kier molecular flexibility index (Phi) is 2.34. The predicted octanol–water partition coefficient (Wildman–Crippen LogP) is 3.30. The van der Waals surface area contributed by atoms with Crippen molar-refractivity contribution >= 4 is 5.97 Å². The second-order valence-corrected chi connectivity index (χ2v) is 8.13. The smallest absolute Gasteiger partial charge is 0.306 e. The van der Waals surface area contributed by atoms with Crippen LogP contribution in [-0.4, -0.2) is 22.7 Å². The molecule has 0 radical (unpaired) electrons. The van der Waals surface area contributed by atoms with E-state index in [2.05, 4.69) is 13.8 Å². The summed E-state index contributed by atoms with van der Waals surface area (Å²) < 4.78 is 11.7. The Bertz CT molecular complexity index is 459. The zero-order chi connectivity index (χ0) is 14.2. The van der Waals surface area contributed by atoms with Crippen molar-refractivity contribution in [1.82, 2.24) is 0 Å². The summed E-state index contributed by atoms with van der Waals surface area (Å²) in [6.45, 7) is 4.56. The van der Waals surface area contributed by atoms with Crippen molar-refractivity contribution in [2.45, 2.75) is 76.8 Å². The van der Waals surface area contributed by atoms with E-state index in [0.29, 0.717) is 18.3 Å². The molecule has 0 aromatic carbocycles. The molecular formula is C16H24O4. The van der Waals surface area contributed by atoms with Gasteiger partial charge in [-0.05, 0) is 31.1 Å². The van der Waals surface area contributed by atoms with Gasteiger partial charge in [0.25, 0.3) is 0 Å². The second-order valence-electron chi connectivity index (χ2n) is 8.13. The first-order valence-corrected chi connectivity index (χ1v) is 7.97. The second kappa shape index (κ2) is 3.58. The van der Waals surface area contributed by atoms with Gasteiger partial charge in [0.05, 0.1) is 5.92 Å². The topological polar surface area (TPSA) is 62.4 Å². The molecule has 4 rings (SSSR count). The summed E-state index contributed by atoms with van der Waals surface area (Å²) in [4.78, 5) is 11.4. The number of carbonyl (C=O) groups is 1. The van der Waals surface area contributed by atoms with Crippen molar-refractivity contribution in [3.63, 3.8) is 0 Å². The van der Waals surface area contributed by atoms with Crippen molar-refractivity contribution in [2.75, 3.05) is 0 Å². The predicted molar refractivity (Wildman–Crippen MR) is 71.9 cm³/mol. The van der Waals surface area contributed by atoms with Crippen LogP contribution in [0, 0.1) is 16.7 Å². The van der Waals surface area contributed by atoms with E-state index in [0.717, 1.165) is 6.42 Å². The molecule has 2 aliphatic heterocycles. The van der Waals surface area contributed by atoms with E-state index in [1.165, 1.54) is 32.1 Å². The quantitative estimate of drug-likeness (QED) is 0.806. The molecule has 4 fully saturated rings. The molecule has 20 heavy (non-hydrogen) atoms. The van der Waals surface area contributed by atoms with Crippen molar-refractivity contribution in [1.29, 1.82) is 0 Å². The molecule has 2 saturated heterocycles. The summed E-state index contributed by atoms with van der Waals surface area (Å²) in [5.41, 5.74) is 0.187. The number of hydrogen-bond donors (Lipinski definition) is 1. The number of hydrogen-bond acceptors (Lipinski definition) is 3. The molecule has 2 heterocycles. The Labute approximate surface area is 119 Å². The number of ether oxygens (including phenoxy) is 2. The highest BCUT2D eigenvalue weighted by Gasteiger charge is 2.97. The van der Waals surface area contributed by atoms with Gasteiger partial charge < -0.3 is 14.6 Å². The van der Waals surface area contributed by atoms with Gasteiger partial charge in [-0.25, -0.2) is 0 Å². The Hall–Kier alpha value is -0.610. The first-order chi connectivity index (χ1) is 9.34. The van der Waals surface area contributed by atoms with Crippen molar-refractivity contribution in [3.8, 4) is 0 Å². The fraction of sp³-hybridized carbons (Fsp3) is 0.938. The summed E-state index contributed by atoms with van der Waals surface area (Å²) in [5, 5.41) is 9.40. The van der Waals surface area contributed by atoms with Crippen LogP contribution < -0.4 is 0 Å². The van der Waals surface area contributed by atoms with Crippen LogP contribution in [-0.2, 0) is 14.3 Å². The minimum absolute atomic E-state index is 0.138. The number of carboxylic acid groups (broad SMARTS) is 1. The third kappa shape index (κ3) is 1.52. The highest BCUT2D eigenvalue weighted by atomic mass is 17.0. The monoisotopic (exact) mass is 280 g/mol. The zero-order valence-electron chi connectivity index (χ0n) is 12.4. The van der Waals surface area contributed by atoms with Crippen LogP contribution in [0.1, 0.15) is 65.2 Å². The SMILES string of the molecule is CC1(CC2(C)CC(C(=O)O)CC34OC23O4)CCCCC1. The molecule has 0 bridgehead atoms. The standard InChI is InChI=1S/C16H24O4/c1-13(6-4-3-5-7-13)10-14(2)8-11(12(17)18)9-15-16(14,19-15)20-15/h11H,3-10H2,1-2H3,(H,17,18). The van der Waals surface area contributed by atoms with E-state index in [-0.39, 0.29) is 11.3 Å². The third-order valence-corrected chi connectivity index (χ3v) is 6.27. The highest BCUT2D eigenvalue weighted by molar-refractivity contribution is 5.71. The van der Waals surface area contributed by atoms with Gasteiger partial charge in [0.15, 0.2) is 0 Å². The van der Waals surface area contributed by atoms with E-state index in [1.54, 1.807) is 0 Å². The van der Waals surface area contributed by atoms with Crippen LogP contribution in [0.15, 0.2) is 0 Å². The van der Waals surface area contributed by atoms with Gasteiger partial charge in [-0.1, -0.05) is 33.1 Å². The van der Waals surface area contributed by atoms with Crippen LogP contribution in [0.25, 0.3) is 0 Å². The van der Waals surface area contributed by atoms with Crippen molar-refractivity contribution in [2.24, 2.45) is 16.7 Å².